The molecule has 4 heteroatoms. The largest absolute Gasteiger partial charge is 0.314 e. The third-order valence-corrected chi connectivity index (χ3v) is 3.87. The zero-order chi connectivity index (χ0) is 14.4. The van der Waals surface area contributed by atoms with Gasteiger partial charge in [-0.2, -0.15) is 0 Å². The van der Waals surface area contributed by atoms with Crippen LogP contribution in [0.25, 0.3) is 0 Å². The van der Waals surface area contributed by atoms with E-state index in [-0.39, 0.29) is 5.56 Å². The molecule has 1 atom stereocenters. The Morgan fingerprint density at radius 1 is 1.35 bits per heavy atom. The van der Waals surface area contributed by atoms with Gasteiger partial charge in [-0.05, 0) is 37.9 Å². The second-order valence-electron chi connectivity index (χ2n) is 6.17. The lowest BCUT2D eigenvalue weighted by molar-refractivity contribution is 0.245. The average Bonchev–Trinajstić information content (AvgIpc) is 2.62. The number of aromatic nitrogens is 1. The van der Waals surface area contributed by atoms with Gasteiger partial charge in [-0.25, -0.2) is 0 Å². The molecule has 0 radical (unpaired) electrons. The predicted octanol–water partition coefficient (Wildman–Crippen LogP) is 1.56. The number of nitrogens with one attached hydrogen (secondary N) is 1. The van der Waals surface area contributed by atoms with E-state index in [0.29, 0.717) is 6.04 Å². The molecule has 0 amide bonds. The molecule has 1 aromatic heterocycles. The van der Waals surface area contributed by atoms with Gasteiger partial charge in [-0.15, -0.1) is 0 Å². The Morgan fingerprint density at radius 2 is 2.20 bits per heavy atom. The number of hydrogen-bond acceptors (Lipinski definition) is 3. The molecule has 1 fully saturated rings. The Morgan fingerprint density at radius 3 is 2.95 bits per heavy atom. The van der Waals surface area contributed by atoms with E-state index < -0.39 is 0 Å². The molecule has 1 N–H and O–H groups in total. The number of pyridine rings is 1. The van der Waals surface area contributed by atoms with E-state index in [1.807, 2.05) is 12.3 Å². The van der Waals surface area contributed by atoms with Crippen molar-refractivity contribution in [3.63, 3.8) is 0 Å². The minimum absolute atomic E-state index is 0.0965. The highest BCUT2D eigenvalue weighted by Gasteiger charge is 2.18. The molecule has 112 valence electrons. The van der Waals surface area contributed by atoms with E-state index in [1.165, 1.54) is 12.8 Å². The van der Waals surface area contributed by atoms with Crippen molar-refractivity contribution >= 4 is 0 Å². The van der Waals surface area contributed by atoms with Crippen LogP contribution in [0.3, 0.4) is 0 Å². The fourth-order valence-electron chi connectivity index (χ4n) is 2.90. The van der Waals surface area contributed by atoms with Gasteiger partial charge in [0.15, 0.2) is 0 Å². The minimum atomic E-state index is 0.0965. The minimum Gasteiger partial charge on any atom is -0.314 e. The molecule has 0 spiro atoms. The Hall–Kier alpha value is -1.13. The van der Waals surface area contributed by atoms with Crippen molar-refractivity contribution < 1.29 is 0 Å². The van der Waals surface area contributed by atoms with Crippen LogP contribution in [-0.4, -0.2) is 41.7 Å². The summed E-state index contributed by atoms with van der Waals surface area (Å²) in [6.45, 7) is 9.64. The van der Waals surface area contributed by atoms with Crippen molar-refractivity contribution in [1.82, 2.24) is 14.8 Å². The Balaban J connectivity index is 1.88. The summed E-state index contributed by atoms with van der Waals surface area (Å²) < 4.78 is 1.80. The first-order valence-corrected chi connectivity index (χ1v) is 7.76. The van der Waals surface area contributed by atoms with Gasteiger partial charge in [0.1, 0.15) is 0 Å². The standard InChI is InChI=1S/C16H27N3O/c1-14(2)12-15-13-18(8-5-7-17-15)10-11-19-9-4-3-6-16(19)20/h3-4,6,9,14-15,17H,5,7-8,10-13H2,1-2H3. The molecular weight excluding hydrogens is 250 g/mol. The van der Waals surface area contributed by atoms with Crippen LogP contribution in [0.4, 0.5) is 0 Å². The molecule has 1 saturated heterocycles. The van der Waals surface area contributed by atoms with Crippen LogP contribution in [0, 0.1) is 5.92 Å². The second-order valence-corrected chi connectivity index (χ2v) is 6.17. The number of hydrogen-bond donors (Lipinski definition) is 1. The van der Waals surface area contributed by atoms with Crippen molar-refractivity contribution in [2.24, 2.45) is 5.92 Å². The van der Waals surface area contributed by atoms with Crippen LogP contribution in [0.2, 0.25) is 0 Å². The molecule has 1 aliphatic heterocycles. The zero-order valence-electron chi connectivity index (χ0n) is 12.7. The molecule has 0 aliphatic carbocycles. The summed E-state index contributed by atoms with van der Waals surface area (Å²) in [5, 5.41) is 3.64. The van der Waals surface area contributed by atoms with Gasteiger partial charge >= 0.3 is 0 Å². The van der Waals surface area contributed by atoms with Gasteiger partial charge in [0.05, 0.1) is 0 Å². The monoisotopic (exact) mass is 277 g/mol. The van der Waals surface area contributed by atoms with E-state index in [2.05, 4.69) is 24.1 Å². The first-order chi connectivity index (χ1) is 9.65. The topological polar surface area (TPSA) is 37.3 Å². The van der Waals surface area contributed by atoms with E-state index in [9.17, 15) is 4.79 Å². The van der Waals surface area contributed by atoms with Gasteiger partial charge in [-0.1, -0.05) is 19.9 Å². The first-order valence-electron chi connectivity index (χ1n) is 7.76. The van der Waals surface area contributed by atoms with Gasteiger partial charge in [0, 0.05) is 37.9 Å². The summed E-state index contributed by atoms with van der Waals surface area (Å²) >= 11 is 0. The molecule has 1 aliphatic rings. The van der Waals surface area contributed by atoms with Gasteiger partial charge in [0.2, 0.25) is 0 Å². The Bertz CT molecular complexity index is 455. The number of rotatable bonds is 5. The lowest BCUT2D eigenvalue weighted by Gasteiger charge is -2.25. The van der Waals surface area contributed by atoms with Crippen molar-refractivity contribution in [3.8, 4) is 0 Å². The molecule has 4 nitrogen and oxygen atoms in total. The van der Waals surface area contributed by atoms with Gasteiger partial charge in [0.25, 0.3) is 5.56 Å². The van der Waals surface area contributed by atoms with Crippen LogP contribution in [0.5, 0.6) is 0 Å². The van der Waals surface area contributed by atoms with Crippen LogP contribution in [0.1, 0.15) is 26.7 Å². The maximum Gasteiger partial charge on any atom is 0.250 e. The summed E-state index contributed by atoms with van der Waals surface area (Å²) in [6.07, 6.45) is 4.30. The highest BCUT2D eigenvalue weighted by molar-refractivity contribution is 4.93. The molecule has 1 unspecified atom stereocenters. The molecule has 20 heavy (non-hydrogen) atoms. The molecule has 1 aromatic rings. The fraction of sp³-hybridized carbons (Fsp3) is 0.688. The third kappa shape index (κ3) is 4.76. The van der Waals surface area contributed by atoms with Crippen LogP contribution in [-0.2, 0) is 6.54 Å². The van der Waals surface area contributed by atoms with Crippen LogP contribution >= 0.6 is 0 Å². The predicted molar refractivity (Wildman–Crippen MR) is 83.0 cm³/mol. The Labute approximate surface area is 121 Å². The highest BCUT2D eigenvalue weighted by atomic mass is 16.1. The van der Waals surface area contributed by atoms with Gasteiger partial charge in [-0.3, -0.25) is 9.69 Å². The fourth-order valence-corrected chi connectivity index (χ4v) is 2.90. The summed E-state index contributed by atoms with van der Waals surface area (Å²) in [4.78, 5) is 14.2. The SMILES string of the molecule is CC(C)CC1CN(CCn2ccccc2=O)CCCN1. The smallest absolute Gasteiger partial charge is 0.250 e. The maximum absolute atomic E-state index is 11.7. The Kier molecular flexibility index (Phi) is 5.80. The average molecular weight is 277 g/mol. The molecular formula is C16H27N3O. The van der Waals surface area contributed by atoms with Crippen molar-refractivity contribution in [2.45, 2.75) is 39.3 Å². The summed E-state index contributed by atoms with van der Waals surface area (Å²) in [6, 6.07) is 5.94. The van der Waals surface area contributed by atoms with Crippen LogP contribution < -0.4 is 10.9 Å². The van der Waals surface area contributed by atoms with E-state index in [4.69, 9.17) is 0 Å². The van der Waals surface area contributed by atoms with Gasteiger partial charge < -0.3 is 9.88 Å². The van der Waals surface area contributed by atoms with Crippen molar-refractivity contribution in [2.75, 3.05) is 26.2 Å². The van der Waals surface area contributed by atoms with E-state index >= 15 is 0 Å². The molecule has 0 bridgehead atoms. The number of nitrogens with zero attached hydrogens (tertiary/aromatic N) is 2. The molecule has 2 rings (SSSR count). The highest BCUT2D eigenvalue weighted by Crippen LogP contribution is 2.09. The van der Waals surface area contributed by atoms with Crippen molar-refractivity contribution in [3.05, 3.63) is 34.7 Å². The second kappa shape index (κ2) is 7.60. The van der Waals surface area contributed by atoms with Crippen LogP contribution in [0.15, 0.2) is 29.2 Å². The van der Waals surface area contributed by atoms with Crippen molar-refractivity contribution in [1.29, 1.82) is 0 Å². The lowest BCUT2D eigenvalue weighted by Crippen LogP contribution is -2.40. The summed E-state index contributed by atoms with van der Waals surface area (Å²) in [5.74, 6) is 0.726. The molecule has 2 heterocycles. The maximum atomic E-state index is 11.7. The normalized spacial score (nSPS) is 21.1. The molecule has 0 aromatic carbocycles. The molecule has 0 saturated carbocycles. The lowest BCUT2D eigenvalue weighted by atomic mass is 10.0. The third-order valence-electron chi connectivity index (χ3n) is 3.87. The van der Waals surface area contributed by atoms with E-state index in [1.54, 1.807) is 16.7 Å². The summed E-state index contributed by atoms with van der Waals surface area (Å²) in [5.41, 5.74) is 0.0965. The summed E-state index contributed by atoms with van der Waals surface area (Å²) in [7, 11) is 0. The first kappa shape index (κ1) is 15.3. The van der Waals surface area contributed by atoms with E-state index in [0.717, 1.165) is 38.6 Å². The zero-order valence-corrected chi connectivity index (χ0v) is 12.7. The quantitative estimate of drug-likeness (QED) is 0.887.